The monoisotopic (exact) mass is 385 g/mol. The Morgan fingerprint density at radius 3 is 2.46 bits per heavy atom. The first kappa shape index (κ1) is 19.3. The number of hydrogen-bond acceptors (Lipinski definition) is 6. The van der Waals surface area contributed by atoms with Gasteiger partial charge in [-0.25, -0.2) is 26.7 Å². The van der Waals surface area contributed by atoms with Crippen molar-refractivity contribution in [3.8, 4) is 5.75 Å². The van der Waals surface area contributed by atoms with Crippen LogP contribution in [0.15, 0.2) is 47.4 Å². The molecule has 138 valence electrons. The molecule has 0 aliphatic rings. The molecule has 0 heterocycles. The van der Waals surface area contributed by atoms with Crippen LogP contribution in [0.2, 0.25) is 0 Å². The van der Waals surface area contributed by atoms with Gasteiger partial charge in [0.25, 0.3) is 15.9 Å². The third kappa shape index (κ3) is 4.76. The second-order valence-corrected chi connectivity index (χ2v) is 6.59. The molecule has 0 fully saturated rings. The second kappa shape index (κ2) is 7.91. The fraction of sp³-hybridized carbons (Fsp3) is 0.125. The molecule has 0 saturated heterocycles. The molecule has 1 N–H and O–H groups in total. The standard InChI is InChI=1S/C16H13F2NO6S/c1-24-15(20)9-25-11-4-2-3-10(7-11)16(21)19-26(22,23)12-5-6-13(17)14(18)8-12/h2-8H,9H2,1H3,(H,19,21). The Morgan fingerprint density at radius 2 is 1.81 bits per heavy atom. The van der Waals surface area contributed by atoms with E-state index >= 15 is 0 Å². The number of rotatable bonds is 6. The van der Waals surface area contributed by atoms with Gasteiger partial charge in [0.05, 0.1) is 12.0 Å². The van der Waals surface area contributed by atoms with Gasteiger partial charge in [-0.3, -0.25) is 4.79 Å². The Morgan fingerprint density at radius 1 is 1.08 bits per heavy atom. The van der Waals surface area contributed by atoms with Gasteiger partial charge in [0.1, 0.15) is 5.75 Å². The molecule has 2 aromatic carbocycles. The summed E-state index contributed by atoms with van der Waals surface area (Å²) in [5.41, 5.74) is -0.0847. The Labute approximate surface area is 147 Å². The Bertz CT molecular complexity index is 946. The molecular formula is C16H13F2NO6S. The average Bonchev–Trinajstić information content (AvgIpc) is 2.61. The topological polar surface area (TPSA) is 98.8 Å². The zero-order valence-electron chi connectivity index (χ0n) is 13.4. The first-order chi connectivity index (χ1) is 12.2. The fourth-order valence-corrected chi connectivity index (χ4v) is 2.80. The molecule has 0 spiro atoms. The Balaban J connectivity index is 2.16. The summed E-state index contributed by atoms with van der Waals surface area (Å²) >= 11 is 0. The zero-order chi connectivity index (χ0) is 19.3. The molecule has 7 nitrogen and oxygen atoms in total. The molecule has 0 saturated carbocycles. The summed E-state index contributed by atoms with van der Waals surface area (Å²) in [6.07, 6.45) is 0. The molecule has 2 aromatic rings. The lowest BCUT2D eigenvalue weighted by Crippen LogP contribution is -2.30. The van der Waals surface area contributed by atoms with Crippen LogP contribution in [0, 0.1) is 11.6 Å². The van der Waals surface area contributed by atoms with Gasteiger partial charge >= 0.3 is 5.97 Å². The van der Waals surface area contributed by atoms with E-state index in [-0.39, 0.29) is 11.3 Å². The number of ether oxygens (including phenoxy) is 2. The lowest BCUT2D eigenvalue weighted by Gasteiger charge is -2.09. The highest BCUT2D eigenvalue weighted by Crippen LogP contribution is 2.16. The molecule has 0 radical (unpaired) electrons. The van der Waals surface area contributed by atoms with Crippen molar-refractivity contribution in [3.63, 3.8) is 0 Å². The van der Waals surface area contributed by atoms with E-state index < -0.39 is 45.0 Å². The van der Waals surface area contributed by atoms with Crippen molar-refractivity contribution in [3.05, 3.63) is 59.7 Å². The number of benzene rings is 2. The summed E-state index contributed by atoms with van der Waals surface area (Å²) in [4.78, 5) is 22.6. The summed E-state index contributed by atoms with van der Waals surface area (Å²) in [6.45, 7) is -0.394. The maximum Gasteiger partial charge on any atom is 0.343 e. The molecule has 10 heteroatoms. The van der Waals surface area contributed by atoms with Crippen LogP contribution in [0.3, 0.4) is 0 Å². The number of hydrogen-bond donors (Lipinski definition) is 1. The second-order valence-electron chi connectivity index (χ2n) is 4.90. The SMILES string of the molecule is COC(=O)COc1cccc(C(=O)NS(=O)(=O)c2ccc(F)c(F)c2)c1. The van der Waals surface area contributed by atoms with Crippen LogP contribution in [0.25, 0.3) is 0 Å². The number of sulfonamides is 1. The van der Waals surface area contributed by atoms with E-state index in [9.17, 15) is 26.8 Å². The van der Waals surface area contributed by atoms with Gasteiger partial charge in [0.15, 0.2) is 18.2 Å². The molecule has 0 unspecified atom stereocenters. The van der Waals surface area contributed by atoms with Gasteiger partial charge in [0, 0.05) is 5.56 Å². The van der Waals surface area contributed by atoms with E-state index in [0.717, 1.165) is 6.07 Å². The summed E-state index contributed by atoms with van der Waals surface area (Å²) in [6, 6.07) is 7.29. The number of esters is 1. The van der Waals surface area contributed by atoms with Crippen LogP contribution in [0.1, 0.15) is 10.4 Å². The summed E-state index contributed by atoms with van der Waals surface area (Å²) in [5.74, 6) is -4.10. The van der Waals surface area contributed by atoms with Crippen molar-refractivity contribution >= 4 is 21.9 Å². The quantitative estimate of drug-likeness (QED) is 0.759. The highest BCUT2D eigenvalue weighted by Gasteiger charge is 2.20. The van der Waals surface area contributed by atoms with Crippen molar-refractivity contribution in [1.82, 2.24) is 4.72 Å². The van der Waals surface area contributed by atoms with E-state index in [4.69, 9.17) is 4.74 Å². The van der Waals surface area contributed by atoms with E-state index in [1.807, 2.05) is 0 Å². The van der Waals surface area contributed by atoms with E-state index in [1.54, 1.807) is 4.72 Å². The van der Waals surface area contributed by atoms with Crippen LogP contribution in [-0.2, 0) is 19.6 Å². The molecule has 2 rings (SSSR count). The lowest BCUT2D eigenvalue weighted by molar-refractivity contribution is -0.142. The van der Waals surface area contributed by atoms with Crippen molar-refractivity contribution in [2.75, 3.05) is 13.7 Å². The van der Waals surface area contributed by atoms with E-state index in [2.05, 4.69) is 4.74 Å². The normalized spacial score (nSPS) is 10.9. The predicted octanol–water partition coefficient (Wildman–Crippen LogP) is 1.64. The van der Waals surface area contributed by atoms with Gasteiger partial charge < -0.3 is 9.47 Å². The minimum atomic E-state index is -4.41. The van der Waals surface area contributed by atoms with Crippen LogP contribution in [0.5, 0.6) is 5.75 Å². The number of carbonyl (C=O) groups excluding carboxylic acids is 2. The zero-order valence-corrected chi connectivity index (χ0v) is 14.2. The molecular weight excluding hydrogens is 372 g/mol. The summed E-state index contributed by atoms with van der Waals surface area (Å²) in [7, 11) is -3.23. The minimum absolute atomic E-state index is 0.0847. The highest BCUT2D eigenvalue weighted by molar-refractivity contribution is 7.90. The average molecular weight is 385 g/mol. The molecule has 26 heavy (non-hydrogen) atoms. The van der Waals surface area contributed by atoms with Gasteiger partial charge in [-0.15, -0.1) is 0 Å². The smallest absolute Gasteiger partial charge is 0.343 e. The summed E-state index contributed by atoms with van der Waals surface area (Å²) < 4.78 is 61.6. The van der Waals surface area contributed by atoms with Crippen LogP contribution in [-0.4, -0.2) is 34.0 Å². The summed E-state index contributed by atoms with van der Waals surface area (Å²) in [5, 5.41) is 0. The maximum atomic E-state index is 13.2. The van der Waals surface area contributed by atoms with Crippen LogP contribution in [0.4, 0.5) is 8.78 Å². The maximum absolute atomic E-state index is 13.2. The number of halogens is 2. The molecule has 1 amide bonds. The van der Waals surface area contributed by atoms with Gasteiger partial charge in [-0.05, 0) is 36.4 Å². The minimum Gasteiger partial charge on any atom is -0.482 e. The molecule has 0 bridgehead atoms. The van der Waals surface area contributed by atoms with Gasteiger partial charge in [0.2, 0.25) is 0 Å². The first-order valence-electron chi connectivity index (χ1n) is 7.05. The Hall–Kier alpha value is -3.01. The Kier molecular flexibility index (Phi) is 5.88. The van der Waals surface area contributed by atoms with Crippen molar-refractivity contribution < 1.29 is 36.3 Å². The highest BCUT2D eigenvalue weighted by atomic mass is 32.2. The molecule has 0 atom stereocenters. The molecule has 0 aliphatic heterocycles. The van der Waals surface area contributed by atoms with Crippen LogP contribution >= 0.6 is 0 Å². The molecule has 0 aromatic heterocycles. The third-order valence-corrected chi connectivity index (χ3v) is 4.44. The van der Waals surface area contributed by atoms with Crippen molar-refractivity contribution in [2.24, 2.45) is 0 Å². The fourth-order valence-electron chi connectivity index (χ4n) is 1.81. The number of methoxy groups -OCH3 is 1. The van der Waals surface area contributed by atoms with Crippen molar-refractivity contribution in [1.29, 1.82) is 0 Å². The predicted molar refractivity (Wildman–Crippen MR) is 85.0 cm³/mol. The van der Waals surface area contributed by atoms with E-state index in [1.165, 1.54) is 31.4 Å². The van der Waals surface area contributed by atoms with Crippen LogP contribution < -0.4 is 9.46 Å². The van der Waals surface area contributed by atoms with Gasteiger partial charge in [-0.1, -0.05) is 6.07 Å². The van der Waals surface area contributed by atoms with Crippen molar-refractivity contribution in [2.45, 2.75) is 4.90 Å². The number of carbonyl (C=O) groups is 2. The van der Waals surface area contributed by atoms with E-state index in [0.29, 0.717) is 12.1 Å². The number of nitrogens with one attached hydrogen (secondary N) is 1. The first-order valence-corrected chi connectivity index (χ1v) is 8.53. The largest absolute Gasteiger partial charge is 0.482 e. The molecule has 0 aliphatic carbocycles. The number of amides is 1. The third-order valence-electron chi connectivity index (χ3n) is 3.11. The van der Waals surface area contributed by atoms with Gasteiger partial charge in [-0.2, -0.15) is 0 Å². The lowest BCUT2D eigenvalue weighted by atomic mass is 10.2.